The summed E-state index contributed by atoms with van der Waals surface area (Å²) in [6, 6.07) is 13.4. The monoisotopic (exact) mass is 550 g/mol. The van der Waals surface area contributed by atoms with Gasteiger partial charge in [0.15, 0.2) is 0 Å². The molecule has 0 saturated carbocycles. The van der Waals surface area contributed by atoms with Gasteiger partial charge in [0.25, 0.3) is 22.7 Å². The molecule has 6 rings (SSSR count). The van der Waals surface area contributed by atoms with E-state index in [4.69, 9.17) is 5.73 Å². The first-order valence-electron chi connectivity index (χ1n) is 13.8. The van der Waals surface area contributed by atoms with Crippen molar-refractivity contribution in [2.45, 2.75) is 57.7 Å². The van der Waals surface area contributed by atoms with Gasteiger partial charge in [0, 0.05) is 12.6 Å². The van der Waals surface area contributed by atoms with Crippen LogP contribution in [0.5, 0.6) is 0 Å². The quantitative estimate of drug-likeness (QED) is 0.256. The van der Waals surface area contributed by atoms with Crippen LogP contribution in [0.2, 0.25) is 0 Å². The van der Waals surface area contributed by atoms with Gasteiger partial charge in [0.2, 0.25) is 0 Å². The predicted molar refractivity (Wildman–Crippen MR) is 154 cm³/mol. The number of carbonyl (C=O) groups is 2. The van der Waals surface area contributed by atoms with Crippen molar-refractivity contribution in [3.63, 3.8) is 0 Å². The van der Waals surface area contributed by atoms with Crippen LogP contribution < -0.4 is 32.5 Å². The van der Waals surface area contributed by atoms with E-state index in [-0.39, 0.29) is 47.3 Å². The summed E-state index contributed by atoms with van der Waals surface area (Å²) in [7, 11) is 0. The molecule has 1 unspecified atom stereocenters. The van der Waals surface area contributed by atoms with Gasteiger partial charge in [-0.1, -0.05) is 42.0 Å². The molecule has 0 radical (unpaired) electrons. The smallest absolute Gasteiger partial charge is 0.270 e. The maximum atomic E-state index is 13.0. The Balaban J connectivity index is 1.11. The van der Waals surface area contributed by atoms with E-state index in [0.717, 1.165) is 54.4 Å². The van der Waals surface area contributed by atoms with Gasteiger partial charge in [0.05, 0.1) is 12.1 Å². The maximum absolute atomic E-state index is 13.0. The minimum atomic E-state index is -0.649. The van der Waals surface area contributed by atoms with E-state index < -0.39 is 16.8 Å². The van der Waals surface area contributed by atoms with Crippen molar-refractivity contribution >= 4 is 23.2 Å². The highest BCUT2D eigenvalue weighted by molar-refractivity contribution is 5.97. The zero-order valence-corrected chi connectivity index (χ0v) is 22.6. The van der Waals surface area contributed by atoms with Crippen LogP contribution in [-0.4, -0.2) is 21.8 Å². The summed E-state index contributed by atoms with van der Waals surface area (Å²) in [5.74, 6) is -0.775. The summed E-state index contributed by atoms with van der Waals surface area (Å²) < 4.78 is 0. The fraction of sp³-hybridized carbons (Fsp3) is 0.290. The molecule has 10 heteroatoms. The molecule has 2 aliphatic carbocycles. The first kappa shape index (κ1) is 26.4. The van der Waals surface area contributed by atoms with Crippen molar-refractivity contribution in [2.24, 2.45) is 0 Å². The lowest BCUT2D eigenvalue weighted by Crippen LogP contribution is -2.38. The molecule has 0 bridgehead atoms. The van der Waals surface area contributed by atoms with Crippen LogP contribution in [0, 0.1) is 6.92 Å². The molecule has 41 heavy (non-hydrogen) atoms. The summed E-state index contributed by atoms with van der Waals surface area (Å²) >= 11 is 0. The second-order valence-corrected chi connectivity index (χ2v) is 10.8. The second kappa shape index (κ2) is 10.6. The molecule has 2 aliphatic rings. The molecule has 1 heterocycles. The molecule has 0 aliphatic heterocycles. The molecule has 2 atom stereocenters. The number of nitrogens with two attached hydrogens (primary N) is 1. The van der Waals surface area contributed by atoms with Crippen LogP contribution in [0.4, 0.5) is 11.4 Å². The summed E-state index contributed by atoms with van der Waals surface area (Å²) in [6.07, 6.45) is 5.57. The van der Waals surface area contributed by atoms with E-state index in [1.54, 1.807) is 0 Å². The molecule has 4 aromatic rings. The van der Waals surface area contributed by atoms with Gasteiger partial charge in [0.1, 0.15) is 29.1 Å². The Morgan fingerprint density at radius 2 is 1.68 bits per heavy atom. The Labute approximate surface area is 236 Å². The van der Waals surface area contributed by atoms with Gasteiger partial charge >= 0.3 is 0 Å². The van der Waals surface area contributed by atoms with Crippen LogP contribution in [-0.2, 0) is 19.4 Å². The first-order valence-corrected chi connectivity index (χ1v) is 13.8. The van der Waals surface area contributed by atoms with Crippen LogP contribution in [0.25, 0.3) is 0 Å². The van der Waals surface area contributed by atoms with E-state index in [2.05, 4.69) is 45.0 Å². The molecule has 10 nitrogen and oxygen atoms in total. The zero-order valence-electron chi connectivity index (χ0n) is 22.6. The van der Waals surface area contributed by atoms with Gasteiger partial charge in [-0.25, -0.2) is 9.97 Å². The largest absolute Gasteiger partial charge is 0.394 e. The number of aromatic nitrogens is 2. The minimum Gasteiger partial charge on any atom is -0.394 e. The number of carbonyl (C=O) groups excluding carboxylic acids is 2. The third-order valence-corrected chi connectivity index (χ3v) is 8.06. The Kier molecular flexibility index (Phi) is 6.82. The SMILES string of the molecule is Cc1ccc2c(c1)CC[C@@H]2NC(=O)c1cc(C(=O)NCc2ccc3c(c2)C(Nc2c(N)c(=O)c2=O)CCC3)ncn1. The third-order valence-electron chi connectivity index (χ3n) is 8.06. The maximum Gasteiger partial charge on any atom is 0.270 e. The van der Waals surface area contributed by atoms with Crippen molar-refractivity contribution in [3.8, 4) is 0 Å². The normalized spacial score (nSPS) is 17.5. The molecular weight excluding hydrogens is 520 g/mol. The molecule has 3 aromatic carbocycles. The Morgan fingerprint density at radius 3 is 2.49 bits per heavy atom. The van der Waals surface area contributed by atoms with Crippen LogP contribution >= 0.6 is 0 Å². The standard InChI is InChI=1S/C31H30N6O4/c1-16-5-9-20-19(11-16)8-10-23(20)37-31(41)25-13-24(34-15-35-25)30(40)33-14-17-6-7-18-3-2-4-22(21(18)12-17)36-27-26(32)28(38)29(27)39/h5-7,9,11-13,15,22-23,36H,2-4,8,10,14,32H2,1H3,(H,33,40)(H,37,41)/t22?,23-/m0/s1. The number of hydrogen-bond acceptors (Lipinski definition) is 8. The number of nitrogens with zero attached hydrogens (tertiary/aromatic N) is 2. The number of hydrogen-bond donors (Lipinski definition) is 4. The molecule has 0 spiro atoms. The topological polar surface area (TPSA) is 156 Å². The summed E-state index contributed by atoms with van der Waals surface area (Å²) in [5, 5.41) is 9.06. The third kappa shape index (κ3) is 5.08. The zero-order chi connectivity index (χ0) is 28.7. The Hall–Kier alpha value is -4.86. The Morgan fingerprint density at radius 1 is 0.878 bits per heavy atom. The molecule has 0 saturated heterocycles. The lowest BCUT2D eigenvalue weighted by Gasteiger charge is -2.28. The van der Waals surface area contributed by atoms with Gasteiger partial charge in [-0.2, -0.15) is 0 Å². The molecule has 0 fully saturated rings. The molecule has 208 valence electrons. The number of amides is 2. The summed E-state index contributed by atoms with van der Waals surface area (Å²) in [5.41, 5.74) is 11.5. The highest BCUT2D eigenvalue weighted by atomic mass is 16.2. The fourth-order valence-electron chi connectivity index (χ4n) is 5.84. The number of aryl methyl sites for hydroxylation is 3. The molecule has 1 aromatic heterocycles. The van der Waals surface area contributed by atoms with Crippen molar-refractivity contribution < 1.29 is 9.59 Å². The minimum absolute atomic E-state index is 0.0217. The molecule has 2 amide bonds. The number of anilines is 2. The fourth-order valence-corrected chi connectivity index (χ4v) is 5.84. The molecule has 5 N–H and O–H groups in total. The number of nitrogens with one attached hydrogen (secondary N) is 3. The summed E-state index contributed by atoms with van der Waals surface area (Å²) in [6.45, 7) is 2.29. The summed E-state index contributed by atoms with van der Waals surface area (Å²) in [4.78, 5) is 57.5. The van der Waals surface area contributed by atoms with Crippen molar-refractivity contribution in [1.29, 1.82) is 0 Å². The van der Waals surface area contributed by atoms with Gasteiger partial charge in [-0.05, 0) is 66.8 Å². The van der Waals surface area contributed by atoms with Crippen molar-refractivity contribution in [1.82, 2.24) is 20.6 Å². The average molecular weight is 551 g/mol. The first-order chi connectivity index (χ1) is 19.8. The predicted octanol–water partition coefficient (Wildman–Crippen LogP) is 2.80. The highest BCUT2D eigenvalue weighted by Crippen LogP contribution is 2.34. The highest BCUT2D eigenvalue weighted by Gasteiger charge is 2.27. The number of rotatable bonds is 7. The van der Waals surface area contributed by atoms with Crippen LogP contribution in [0.15, 0.2) is 58.4 Å². The van der Waals surface area contributed by atoms with E-state index in [1.807, 2.05) is 24.3 Å². The van der Waals surface area contributed by atoms with E-state index in [0.29, 0.717) is 0 Å². The van der Waals surface area contributed by atoms with Gasteiger partial charge in [-0.15, -0.1) is 0 Å². The van der Waals surface area contributed by atoms with E-state index >= 15 is 0 Å². The number of benzene rings is 2. The number of fused-ring (bicyclic) bond motifs is 2. The Bertz CT molecular complexity index is 1760. The van der Waals surface area contributed by atoms with Gasteiger partial charge in [-0.3, -0.25) is 19.2 Å². The van der Waals surface area contributed by atoms with E-state index in [9.17, 15) is 19.2 Å². The van der Waals surface area contributed by atoms with E-state index in [1.165, 1.54) is 23.5 Å². The average Bonchev–Trinajstić information content (AvgIpc) is 3.39. The van der Waals surface area contributed by atoms with Crippen molar-refractivity contribution in [3.05, 3.63) is 114 Å². The second-order valence-electron chi connectivity index (χ2n) is 10.8. The van der Waals surface area contributed by atoms with Crippen LogP contribution in [0.1, 0.15) is 85.7 Å². The lowest BCUT2D eigenvalue weighted by atomic mass is 9.86. The number of nitrogen functional groups attached to an aromatic ring is 1. The van der Waals surface area contributed by atoms with Crippen LogP contribution in [0.3, 0.4) is 0 Å². The van der Waals surface area contributed by atoms with Gasteiger partial charge < -0.3 is 21.7 Å². The molecular formula is C31H30N6O4. The van der Waals surface area contributed by atoms with Crippen molar-refractivity contribution in [2.75, 3.05) is 11.1 Å². The lowest BCUT2D eigenvalue weighted by molar-refractivity contribution is 0.0931.